The summed E-state index contributed by atoms with van der Waals surface area (Å²) in [6.45, 7) is 6.53. The minimum Gasteiger partial charge on any atom is -0.462 e. The lowest BCUT2D eigenvalue weighted by atomic mass is 10.0. The maximum absolute atomic E-state index is 12.9. The predicted octanol–water partition coefficient (Wildman–Crippen LogP) is 20.8. The average Bonchev–Trinajstić information content (AvgIpc) is 3.37. The van der Waals surface area contributed by atoms with Crippen molar-refractivity contribution in [3.8, 4) is 0 Å². The van der Waals surface area contributed by atoms with Gasteiger partial charge in [-0.05, 0) is 57.8 Å². The van der Waals surface area contributed by atoms with Crippen molar-refractivity contribution in [2.45, 2.75) is 322 Å². The van der Waals surface area contributed by atoms with Crippen LogP contribution in [0.4, 0.5) is 0 Å². The zero-order valence-electron chi connectivity index (χ0n) is 47.2. The molecule has 0 unspecified atom stereocenters. The Balaban J connectivity index is 4.39. The molecule has 0 aliphatic heterocycles. The van der Waals surface area contributed by atoms with E-state index in [1.807, 2.05) is 0 Å². The first-order valence-electron chi connectivity index (χ1n) is 30.8. The highest BCUT2D eigenvalue weighted by Gasteiger charge is 2.19. The van der Waals surface area contributed by atoms with E-state index >= 15 is 0 Å². The van der Waals surface area contributed by atoms with Gasteiger partial charge in [0.15, 0.2) is 6.10 Å². The van der Waals surface area contributed by atoms with Gasteiger partial charge in [-0.2, -0.15) is 0 Å². The summed E-state index contributed by atoms with van der Waals surface area (Å²) in [7, 11) is 0. The van der Waals surface area contributed by atoms with Crippen LogP contribution < -0.4 is 0 Å². The highest BCUT2D eigenvalue weighted by Crippen LogP contribution is 2.17. The second kappa shape index (κ2) is 59.7. The van der Waals surface area contributed by atoms with Gasteiger partial charge in [0.25, 0.3) is 0 Å². The topological polar surface area (TPSA) is 78.9 Å². The van der Waals surface area contributed by atoms with E-state index in [-0.39, 0.29) is 37.5 Å². The third-order valence-electron chi connectivity index (χ3n) is 13.5. The van der Waals surface area contributed by atoms with Crippen LogP contribution in [-0.4, -0.2) is 37.2 Å². The van der Waals surface area contributed by atoms with E-state index in [2.05, 4.69) is 81.5 Å². The molecule has 0 aliphatic rings. The Bertz CT molecular complexity index is 1280. The first kappa shape index (κ1) is 68.1. The van der Waals surface area contributed by atoms with Crippen LogP contribution >= 0.6 is 0 Å². The van der Waals surface area contributed by atoms with E-state index in [9.17, 15) is 14.4 Å². The molecule has 71 heavy (non-hydrogen) atoms. The molecule has 0 fully saturated rings. The summed E-state index contributed by atoms with van der Waals surface area (Å²) in [5.74, 6) is -0.930. The van der Waals surface area contributed by atoms with Crippen molar-refractivity contribution < 1.29 is 28.6 Å². The van der Waals surface area contributed by atoms with Gasteiger partial charge in [-0.1, -0.05) is 300 Å². The van der Waals surface area contributed by atoms with E-state index in [4.69, 9.17) is 14.2 Å². The minimum absolute atomic E-state index is 0.0874. The largest absolute Gasteiger partial charge is 0.462 e. The summed E-state index contributed by atoms with van der Waals surface area (Å²) < 4.78 is 16.9. The fourth-order valence-electron chi connectivity index (χ4n) is 8.95. The average molecular weight is 994 g/mol. The molecule has 0 spiro atoms. The molecule has 6 nitrogen and oxygen atoms in total. The van der Waals surface area contributed by atoms with Crippen LogP contribution in [0.3, 0.4) is 0 Å². The lowest BCUT2D eigenvalue weighted by molar-refractivity contribution is -0.167. The van der Waals surface area contributed by atoms with Gasteiger partial charge in [-0.25, -0.2) is 0 Å². The smallest absolute Gasteiger partial charge is 0.306 e. The normalized spacial score (nSPS) is 12.4. The second-order valence-corrected chi connectivity index (χ2v) is 20.6. The van der Waals surface area contributed by atoms with Gasteiger partial charge >= 0.3 is 17.9 Å². The summed E-state index contributed by atoms with van der Waals surface area (Å²) in [5, 5.41) is 0. The number of rotatable bonds is 56. The van der Waals surface area contributed by atoms with Crippen LogP contribution in [-0.2, 0) is 28.6 Å². The maximum Gasteiger partial charge on any atom is 0.306 e. The first-order valence-corrected chi connectivity index (χ1v) is 30.8. The maximum atomic E-state index is 12.9. The van der Waals surface area contributed by atoms with Crippen LogP contribution in [0.1, 0.15) is 316 Å². The summed E-state index contributed by atoms with van der Waals surface area (Å²) in [5.41, 5.74) is 0. The zero-order chi connectivity index (χ0) is 51.4. The van der Waals surface area contributed by atoms with Crippen LogP contribution in [0, 0.1) is 0 Å². The molecular formula is C65H116O6. The van der Waals surface area contributed by atoms with Gasteiger partial charge in [-0.15, -0.1) is 0 Å². The fourth-order valence-corrected chi connectivity index (χ4v) is 8.95. The standard InChI is InChI=1S/C65H116O6/c1-4-7-10-13-16-19-22-25-28-30-31-32-33-35-38-41-44-47-50-53-56-59-65(68)71-62(60-69-63(66)57-54-51-48-45-42-39-36-27-24-21-18-15-12-9-6-3)61-70-64(67)58-55-52-49-46-43-40-37-34-29-26-23-20-17-14-11-8-5-2/h8,11,17,20,26,29,37,40,46,49,62H,4-7,9-10,12-16,18-19,21-25,27-28,30-36,38-39,41-45,47-48,50-61H2,1-3H3/b11-8-,20-17-,29-26-,40-37-,49-46-/t62-/m0/s1. The Kier molecular flexibility index (Phi) is 57.2. The molecule has 0 aromatic carbocycles. The van der Waals surface area contributed by atoms with Crippen molar-refractivity contribution >= 4 is 17.9 Å². The van der Waals surface area contributed by atoms with Gasteiger partial charge < -0.3 is 14.2 Å². The number of allylic oxidation sites excluding steroid dienone is 10. The Hall–Kier alpha value is -2.89. The third kappa shape index (κ3) is 57.9. The Morgan fingerprint density at radius 3 is 0.859 bits per heavy atom. The predicted molar refractivity (Wildman–Crippen MR) is 307 cm³/mol. The number of carbonyl (C=O) groups excluding carboxylic acids is 3. The Morgan fingerprint density at radius 2 is 0.549 bits per heavy atom. The number of carbonyl (C=O) groups is 3. The molecule has 0 amide bonds. The summed E-state index contributed by atoms with van der Waals surface area (Å²) in [4.78, 5) is 38.2. The molecule has 1 atom stereocenters. The number of hydrogen-bond donors (Lipinski definition) is 0. The second-order valence-electron chi connectivity index (χ2n) is 20.6. The van der Waals surface area contributed by atoms with E-state index < -0.39 is 6.10 Å². The van der Waals surface area contributed by atoms with Crippen molar-refractivity contribution in [1.29, 1.82) is 0 Å². The van der Waals surface area contributed by atoms with E-state index in [0.29, 0.717) is 19.3 Å². The molecule has 0 aromatic heterocycles. The van der Waals surface area contributed by atoms with Crippen molar-refractivity contribution in [2.24, 2.45) is 0 Å². The molecule has 0 saturated heterocycles. The third-order valence-corrected chi connectivity index (χ3v) is 13.5. The van der Waals surface area contributed by atoms with E-state index in [0.717, 1.165) is 77.0 Å². The number of hydrogen-bond acceptors (Lipinski definition) is 6. The molecule has 0 aromatic rings. The highest BCUT2D eigenvalue weighted by molar-refractivity contribution is 5.71. The SMILES string of the molecule is CC/C=C\C/C=C\C/C=C\C/C=C\C/C=C\CCCC(=O)OC[C@H](COC(=O)CCCCCCCCCCCCCCCCC)OC(=O)CCCCCCCCCCCCCCCCCCCCCCC. The summed E-state index contributed by atoms with van der Waals surface area (Å²) in [6.07, 6.45) is 75.1. The Labute approximate surface area is 440 Å². The molecule has 0 aliphatic carbocycles. The molecule has 6 heteroatoms. The van der Waals surface area contributed by atoms with Crippen LogP contribution in [0.15, 0.2) is 60.8 Å². The van der Waals surface area contributed by atoms with Crippen molar-refractivity contribution in [3.63, 3.8) is 0 Å². The molecule has 0 heterocycles. The van der Waals surface area contributed by atoms with Crippen LogP contribution in [0.2, 0.25) is 0 Å². The highest BCUT2D eigenvalue weighted by atomic mass is 16.6. The fraction of sp³-hybridized carbons (Fsp3) is 0.800. The molecule has 0 radical (unpaired) electrons. The monoisotopic (exact) mass is 993 g/mol. The molecule has 0 bridgehead atoms. The van der Waals surface area contributed by atoms with E-state index in [1.54, 1.807) is 0 Å². The summed E-state index contributed by atoms with van der Waals surface area (Å²) in [6, 6.07) is 0. The van der Waals surface area contributed by atoms with Crippen LogP contribution in [0.25, 0.3) is 0 Å². The molecule has 0 rings (SSSR count). The minimum atomic E-state index is -0.794. The Morgan fingerprint density at radius 1 is 0.296 bits per heavy atom. The van der Waals surface area contributed by atoms with Gasteiger partial charge in [-0.3, -0.25) is 14.4 Å². The number of esters is 3. The lowest BCUT2D eigenvalue weighted by Crippen LogP contribution is -2.30. The molecule has 0 N–H and O–H groups in total. The van der Waals surface area contributed by atoms with Gasteiger partial charge in [0.05, 0.1) is 0 Å². The molecular weight excluding hydrogens is 877 g/mol. The van der Waals surface area contributed by atoms with Gasteiger partial charge in [0, 0.05) is 19.3 Å². The molecule has 412 valence electrons. The number of ether oxygens (including phenoxy) is 3. The zero-order valence-corrected chi connectivity index (χ0v) is 47.2. The molecule has 0 saturated carbocycles. The van der Waals surface area contributed by atoms with Gasteiger partial charge in [0.2, 0.25) is 0 Å². The van der Waals surface area contributed by atoms with Crippen molar-refractivity contribution in [1.82, 2.24) is 0 Å². The summed E-state index contributed by atoms with van der Waals surface area (Å²) >= 11 is 0. The van der Waals surface area contributed by atoms with Crippen molar-refractivity contribution in [3.05, 3.63) is 60.8 Å². The first-order chi connectivity index (χ1) is 35.0. The van der Waals surface area contributed by atoms with E-state index in [1.165, 1.54) is 193 Å². The quantitative estimate of drug-likeness (QED) is 0.0261. The van der Waals surface area contributed by atoms with Gasteiger partial charge in [0.1, 0.15) is 13.2 Å². The van der Waals surface area contributed by atoms with Crippen LogP contribution in [0.5, 0.6) is 0 Å². The number of unbranched alkanes of at least 4 members (excludes halogenated alkanes) is 35. The van der Waals surface area contributed by atoms with Crippen molar-refractivity contribution in [2.75, 3.05) is 13.2 Å². The lowest BCUT2D eigenvalue weighted by Gasteiger charge is -2.18.